The number of hydrogen-bond acceptors (Lipinski definition) is 1. The predicted octanol–water partition coefficient (Wildman–Crippen LogP) is 4.47. The van der Waals surface area contributed by atoms with Gasteiger partial charge in [0.25, 0.3) is 0 Å². The number of nitrogens with two attached hydrogens (primary N) is 1. The predicted molar refractivity (Wildman–Crippen MR) is 81.1 cm³/mol. The van der Waals surface area contributed by atoms with Gasteiger partial charge in [-0.05, 0) is 29.5 Å². The van der Waals surface area contributed by atoms with Crippen molar-refractivity contribution in [1.29, 1.82) is 0 Å². The van der Waals surface area contributed by atoms with Crippen molar-refractivity contribution in [3.8, 4) is 0 Å². The topological polar surface area (TPSA) is 26.0 Å². The third-order valence-electron chi connectivity index (χ3n) is 3.80. The number of aryl methyl sites for hydroxylation is 1. The highest BCUT2D eigenvalue weighted by molar-refractivity contribution is 5.87. The maximum atomic E-state index is 14.3. The van der Waals surface area contributed by atoms with E-state index < -0.39 is 6.04 Å². The number of rotatable bonds is 2. The summed E-state index contributed by atoms with van der Waals surface area (Å²) < 4.78 is 28.1. The van der Waals surface area contributed by atoms with E-state index in [0.717, 1.165) is 5.56 Å². The van der Waals surface area contributed by atoms with Crippen molar-refractivity contribution in [3.63, 3.8) is 0 Å². The Bertz CT molecular complexity index is 811. The van der Waals surface area contributed by atoms with Crippen LogP contribution in [0.2, 0.25) is 0 Å². The fourth-order valence-electron chi connectivity index (χ4n) is 2.63. The van der Waals surface area contributed by atoms with Crippen LogP contribution in [0.25, 0.3) is 10.8 Å². The fraction of sp³-hybridized carbons (Fsp3) is 0.111. The molecule has 0 fully saturated rings. The summed E-state index contributed by atoms with van der Waals surface area (Å²) in [7, 11) is 0. The summed E-state index contributed by atoms with van der Waals surface area (Å²) in [4.78, 5) is 0. The molecule has 0 aromatic heterocycles. The van der Waals surface area contributed by atoms with Crippen LogP contribution in [-0.4, -0.2) is 0 Å². The summed E-state index contributed by atoms with van der Waals surface area (Å²) in [5.41, 5.74) is 7.93. The summed E-state index contributed by atoms with van der Waals surface area (Å²) in [6.45, 7) is 1.70. The molecule has 0 aliphatic carbocycles. The Morgan fingerprint density at radius 2 is 1.52 bits per heavy atom. The average Bonchev–Trinajstić information content (AvgIpc) is 2.50. The second-order valence-corrected chi connectivity index (χ2v) is 5.14. The van der Waals surface area contributed by atoms with Crippen molar-refractivity contribution in [2.75, 3.05) is 0 Å². The van der Waals surface area contributed by atoms with Gasteiger partial charge in [0.1, 0.15) is 11.6 Å². The van der Waals surface area contributed by atoms with E-state index >= 15 is 0 Å². The highest BCUT2D eigenvalue weighted by Gasteiger charge is 2.17. The Labute approximate surface area is 122 Å². The quantitative estimate of drug-likeness (QED) is 0.737. The van der Waals surface area contributed by atoms with Gasteiger partial charge in [0.05, 0.1) is 6.04 Å². The van der Waals surface area contributed by atoms with E-state index in [0.29, 0.717) is 21.9 Å². The summed E-state index contributed by atoms with van der Waals surface area (Å²) in [6.07, 6.45) is 0. The first-order valence-corrected chi connectivity index (χ1v) is 6.77. The lowest BCUT2D eigenvalue weighted by atomic mass is 9.93. The molecule has 0 aliphatic rings. The second-order valence-electron chi connectivity index (χ2n) is 5.14. The number of halogens is 2. The molecule has 1 nitrogen and oxygen atoms in total. The molecule has 3 aromatic carbocycles. The van der Waals surface area contributed by atoms with E-state index in [9.17, 15) is 8.78 Å². The first-order chi connectivity index (χ1) is 10.1. The number of fused-ring (bicyclic) bond motifs is 1. The lowest BCUT2D eigenvalue weighted by Crippen LogP contribution is -2.14. The minimum atomic E-state index is -0.629. The molecular weight excluding hydrogens is 268 g/mol. The highest BCUT2D eigenvalue weighted by atomic mass is 19.1. The van der Waals surface area contributed by atoms with Gasteiger partial charge in [-0.15, -0.1) is 0 Å². The monoisotopic (exact) mass is 283 g/mol. The van der Waals surface area contributed by atoms with Gasteiger partial charge in [0.2, 0.25) is 0 Å². The smallest absolute Gasteiger partial charge is 0.131 e. The van der Waals surface area contributed by atoms with E-state index in [4.69, 9.17) is 5.73 Å². The van der Waals surface area contributed by atoms with E-state index in [1.165, 1.54) is 6.07 Å². The summed E-state index contributed by atoms with van der Waals surface area (Å²) >= 11 is 0. The van der Waals surface area contributed by atoms with Crippen molar-refractivity contribution in [2.45, 2.75) is 13.0 Å². The molecule has 0 spiro atoms. The highest BCUT2D eigenvalue weighted by Crippen LogP contribution is 2.30. The Balaban J connectivity index is 2.21. The third kappa shape index (κ3) is 2.30. The molecule has 106 valence electrons. The van der Waals surface area contributed by atoms with Crippen LogP contribution in [0, 0.1) is 18.6 Å². The van der Waals surface area contributed by atoms with Gasteiger partial charge >= 0.3 is 0 Å². The van der Waals surface area contributed by atoms with Gasteiger partial charge in [-0.3, -0.25) is 0 Å². The molecule has 0 heterocycles. The van der Waals surface area contributed by atoms with Crippen molar-refractivity contribution < 1.29 is 8.78 Å². The Morgan fingerprint density at radius 1 is 0.810 bits per heavy atom. The zero-order valence-corrected chi connectivity index (χ0v) is 11.6. The molecule has 1 unspecified atom stereocenters. The molecule has 0 aliphatic heterocycles. The van der Waals surface area contributed by atoms with Crippen molar-refractivity contribution in [3.05, 3.63) is 82.9 Å². The molecular formula is C18H15F2N. The number of benzene rings is 3. The van der Waals surface area contributed by atoms with Gasteiger partial charge in [-0.2, -0.15) is 0 Å². The minimum Gasteiger partial charge on any atom is -0.320 e. The standard InChI is InChI=1S/C18H15F2N/c1-11-5-4-8-15(17(11)20)18(21)14-9-10-16(19)13-7-3-2-6-12(13)14/h2-10,18H,21H2,1H3. The van der Waals surface area contributed by atoms with Crippen LogP contribution in [-0.2, 0) is 0 Å². The summed E-state index contributed by atoms with van der Waals surface area (Å²) in [6, 6.07) is 14.6. The lowest BCUT2D eigenvalue weighted by Gasteiger charge is -2.17. The van der Waals surface area contributed by atoms with Crippen LogP contribution < -0.4 is 5.73 Å². The largest absolute Gasteiger partial charge is 0.320 e. The van der Waals surface area contributed by atoms with Crippen LogP contribution in [0.5, 0.6) is 0 Å². The molecule has 3 heteroatoms. The number of hydrogen-bond donors (Lipinski definition) is 1. The van der Waals surface area contributed by atoms with Crippen LogP contribution in [0.4, 0.5) is 8.78 Å². The minimum absolute atomic E-state index is 0.300. The molecule has 0 saturated heterocycles. The van der Waals surface area contributed by atoms with Crippen molar-refractivity contribution in [1.82, 2.24) is 0 Å². The average molecular weight is 283 g/mol. The molecule has 0 bridgehead atoms. The van der Waals surface area contributed by atoms with E-state index in [1.54, 1.807) is 49.4 Å². The molecule has 1 atom stereocenters. The maximum absolute atomic E-state index is 14.3. The van der Waals surface area contributed by atoms with Crippen molar-refractivity contribution >= 4 is 10.8 Å². The van der Waals surface area contributed by atoms with Crippen LogP contribution in [0.3, 0.4) is 0 Å². The summed E-state index contributed by atoms with van der Waals surface area (Å²) in [5.74, 6) is -0.607. The Kier molecular flexibility index (Phi) is 3.43. The maximum Gasteiger partial charge on any atom is 0.131 e. The van der Waals surface area contributed by atoms with E-state index in [1.807, 2.05) is 6.07 Å². The Morgan fingerprint density at radius 3 is 2.29 bits per heavy atom. The van der Waals surface area contributed by atoms with Gasteiger partial charge in [-0.1, -0.05) is 48.5 Å². The normalized spacial score (nSPS) is 12.6. The summed E-state index contributed by atoms with van der Waals surface area (Å²) in [5, 5.41) is 1.21. The van der Waals surface area contributed by atoms with Gasteiger partial charge in [-0.25, -0.2) is 8.78 Å². The zero-order valence-electron chi connectivity index (χ0n) is 11.6. The van der Waals surface area contributed by atoms with Crippen LogP contribution in [0.1, 0.15) is 22.7 Å². The molecule has 0 saturated carbocycles. The molecule has 0 amide bonds. The molecule has 0 radical (unpaired) electrons. The van der Waals surface area contributed by atoms with Crippen molar-refractivity contribution in [2.24, 2.45) is 5.73 Å². The van der Waals surface area contributed by atoms with E-state index in [2.05, 4.69) is 0 Å². The van der Waals surface area contributed by atoms with Crippen LogP contribution >= 0.6 is 0 Å². The van der Waals surface area contributed by atoms with E-state index in [-0.39, 0.29) is 11.6 Å². The molecule has 3 rings (SSSR count). The second kappa shape index (κ2) is 5.26. The fourth-order valence-corrected chi connectivity index (χ4v) is 2.63. The lowest BCUT2D eigenvalue weighted by molar-refractivity contribution is 0.591. The van der Waals surface area contributed by atoms with Gasteiger partial charge in [0, 0.05) is 10.9 Å². The third-order valence-corrected chi connectivity index (χ3v) is 3.80. The van der Waals surface area contributed by atoms with Crippen LogP contribution in [0.15, 0.2) is 54.6 Å². The first-order valence-electron chi connectivity index (χ1n) is 6.77. The zero-order chi connectivity index (χ0) is 15.0. The Hall–Kier alpha value is -2.26. The molecule has 2 N–H and O–H groups in total. The SMILES string of the molecule is Cc1cccc(C(N)c2ccc(F)c3ccccc23)c1F. The van der Waals surface area contributed by atoms with Gasteiger partial charge in [0.15, 0.2) is 0 Å². The first kappa shape index (κ1) is 13.7. The molecule has 3 aromatic rings. The molecule has 21 heavy (non-hydrogen) atoms. The van der Waals surface area contributed by atoms with Gasteiger partial charge < -0.3 is 5.73 Å².